The SMILES string of the molecule is O=C(NCCc1ccccc1)C(=Cc1ccco1)NC(=O)c1ccccc1. The highest BCUT2D eigenvalue weighted by Crippen LogP contribution is 2.08. The van der Waals surface area contributed by atoms with Crippen LogP contribution in [0.25, 0.3) is 6.08 Å². The molecule has 0 aliphatic carbocycles. The van der Waals surface area contributed by atoms with E-state index in [1.807, 2.05) is 36.4 Å². The second kappa shape index (κ2) is 9.20. The van der Waals surface area contributed by atoms with Gasteiger partial charge in [0.05, 0.1) is 6.26 Å². The highest BCUT2D eigenvalue weighted by Gasteiger charge is 2.14. The summed E-state index contributed by atoms with van der Waals surface area (Å²) in [5, 5.41) is 5.51. The van der Waals surface area contributed by atoms with Gasteiger partial charge in [-0.1, -0.05) is 48.5 Å². The lowest BCUT2D eigenvalue weighted by Gasteiger charge is -2.11. The van der Waals surface area contributed by atoms with Crippen molar-refractivity contribution in [2.24, 2.45) is 0 Å². The lowest BCUT2D eigenvalue weighted by molar-refractivity contribution is -0.117. The Morgan fingerprint density at radius 3 is 2.26 bits per heavy atom. The van der Waals surface area contributed by atoms with Gasteiger partial charge >= 0.3 is 0 Å². The molecule has 0 fully saturated rings. The van der Waals surface area contributed by atoms with E-state index < -0.39 is 0 Å². The van der Waals surface area contributed by atoms with E-state index in [0.29, 0.717) is 24.3 Å². The molecule has 0 spiro atoms. The first-order valence-electron chi connectivity index (χ1n) is 8.66. The van der Waals surface area contributed by atoms with Gasteiger partial charge in [-0.3, -0.25) is 9.59 Å². The van der Waals surface area contributed by atoms with Gasteiger partial charge < -0.3 is 15.1 Å². The van der Waals surface area contributed by atoms with Crippen molar-refractivity contribution in [1.82, 2.24) is 10.6 Å². The van der Waals surface area contributed by atoms with Crippen molar-refractivity contribution in [3.05, 3.63) is 102 Å². The third-order valence-corrected chi connectivity index (χ3v) is 3.90. The predicted molar refractivity (Wildman–Crippen MR) is 104 cm³/mol. The maximum atomic E-state index is 12.6. The van der Waals surface area contributed by atoms with Crippen LogP contribution < -0.4 is 10.6 Å². The topological polar surface area (TPSA) is 71.3 Å². The van der Waals surface area contributed by atoms with Crippen LogP contribution in [0.3, 0.4) is 0 Å². The average molecular weight is 360 g/mol. The van der Waals surface area contributed by atoms with Crippen molar-refractivity contribution in [1.29, 1.82) is 0 Å². The van der Waals surface area contributed by atoms with Gasteiger partial charge in [0.15, 0.2) is 0 Å². The quantitative estimate of drug-likeness (QED) is 0.634. The summed E-state index contributed by atoms with van der Waals surface area (Å²) < 4.78 is 5.27. The maximum Gasteiger partial charge on any atom is 0.267 e. The normalized spacial score (nSPS) is 11.0. The number of nitrogens with one attached hydrogen (secondary N) is 2. The molecule has 1 aromatic heterocycles. The fraction of sp³-hybridized carbons (Fsp3) is 0.0909. The van der Waals surface area contributed by atoms with Crippen molar-refractivity contribution >= 4 is 17.9 Å². The maximum absolute atomic E-state index is 12.6. The molecule has 5 heteroatoms. The van der Waals surface area contributed by atoms with Crippen LogP contribution >= 0.6 is 0 Å². The number of rotatable bonds is 7. The number of hydrogen-bond acceptors (Lipinski definition) is 3. The number of carbonyl (C=O) groups excluding carboxylic acids is 2. The van der Waals surface area contributed by atoms with E-state index in [1.54, 1.807) is 36.4 Å². The summed E-state index contributed by atoms with van der Waals surface area (Å²) in [5.41, 5.74) is 1.73. The van der Waals surface area contributed by atoms with E-state index in [9.17, 15) is 9.59 Å². The third-order valence-electron chi connectivity index (χ3n) is 3.90. The standard InChI is InChI=1S/C22H20N2O3/c25-21(18-10-5-2-6-11-18)24-20(16-19-12-7-15-27-19)22(26)23-14-13-17-8-3-1-4-9-17/h1-12,15-16H,13-14H2,(H,23,26)(H,24,25). The van der Waals surface area contributed by atoms with E-state index in [-0.39, 0.29) is 17.5 Å². The van der Waals surface area contributed by atoms with Gasteiger partial charge in [0, 0.05) is 18.2 Å². The summed E-state index contributed by atoms with van der Waals surface area (Å²) in [4.78, 5) is 25.0. The Labute approximate surface area is 157 Å². The molecule has 0 saturated heterocycles. The highest BCUT2D eigenvalue weighted by molar-refractivity contribution is 6.05. The molecule has 0 aliphatic rings. The monoisotopic (exact) mass is 360 g/mol. The van der Waals surface area contributed by atoms with Crippen LogP contribution in [0.15, 0.2) is 89.2 Å². The van der Waals surface area contributed by atoms with E-state index >= 15 is 0 Å². The minimum atomic E-state index is -0.369. The molecule has 5 nitrogen and oxygen atoms in total. The zero-order chi connectivity index (χ0) is 18.9. The van der Waals surface area contributed by atoms with E-state index in [1.165, 1.54) is 12.3 Å². The van der Waals surface area contributed by atoms with Crippen molar-refractivity contribution < 1.29 is 14.0 Å². The fourth-order valence-electron chi connectivity index (χ4n) is 2.52. The molecule has 3 aromatic rings. The first-order valence-corrected chi connectivity index (χ1v) is 8.66. The lowest BCUT2D eigenvalue weighted by Crippen LogP contribution is -2.35. The lowest BCUT2D eigenvalue weighted by atomic mass is 10.1. The Bertz CT molecular complexity index is 901. The molecule has 0 saturated carbocycles. The largest absolute Gasteiger partial charge is 0.465 e. The van der Waals surface area contributed by atoms with Crippen molar-refractivity contribution in [3.8, 4) is 0 Å². The molecule has 1 heterocycles. The molecule has 2 aromatic carbocycles. The summed E-state index contributed by atoms with van der Waals surface area (Å²) in [6, 6.07) is 22.0. The van der Waals surface area contributed by atoms with Crippen molar-refractivity contribution in [2.75, 3.05) is 6.54 Å². The van der Waals surface area contributed by atoms with Crippen LogP contribution in [0.2, 0.25) is 0 Å². The first-order chi connectivity index (χ1) is 13.2. The zero-order valence-electron chi connectivity index (χ0n) is 14.7. The summed E-state index contributed by atoms with van der Waals surface area (Å²) in [7, 11) is 0. The molecule has 136 valence electrons. The Morgan fingerprint density at radius 2 is 1.59 bits per heavy atom. The number of furan rings is 1. The minimum absolute atomic E-state index is 0.131. The van der Waals surface area contributed by atoms with Gasteiger partial charge in [-0.15, -0.1) is 0 Å². The Hall–Kier alpha value is -3.60. The van der Waals surface area contributed by atoms with Crippen LogP contribution in [-0.2, 0) is 11.2 Å². The molecule has 0 bridgehead atoms. The minimum Gasteiger partial charge on any atom is -0.465 e. The Morgan fingerprint density at radius 1 is 0.889 bits per heavy atom. The number of hydrogen-bond donors (Lipinski definition) is 2. The van der Waals surface area contributed by atoms with Crippen LogP contribution in [-0.4, -0.2) is 18.4 Å². The second-order valence-electron chi connectivity index (χ2n) is 5.89. The summed E-state index contributed by atoms with van der Waals surface area (Å²) in [6.45, 7) is 0.458. The molecule has 0 radical (unpaired) electrons. The molecular weight excluding hydrogens is 340 g/mol. The predicted octanol–water partition coefficient (Wildman–Crippen LogP) is 3.41. The van der Waals surface area contributed by atoms with Gasteiger partial charge in [0.25, 0.3) is 11.8 Å². The smallest absolute Gasteiger partial charge is 0.267 e. The van der Waals surface area contributed by atoms with Crippen LogP contribution in [0.1, 0.15) is 21.7 Å². The highest BCUT2D eigenvalue weighted by atomic mass is 16.3. The molecule has 0 unspecified atom stereocenters. The molecule has 0 aliphatic heterocycles. The van der Waals surface area contributed by atoms with Crippen LogP contribution in [0.4, 0.5) is 0 Å². The van der Waals surface area contributed by atoms with Gasteiger partial charge in [-0.05, 0) is 36.2 Å². The van der Waals surface area contributed by atoms with Gasteiger partial charge in [-0.25, -0.2) is 0 Å². The fourth-order valence-corrected chi connectivity index (χ4v) is 2.52. The Balaban J connectivity index is 1.68. The summed E-state index contributed by atoms with van der Waals surface area (Å²) in [6.07, 6.45) is 3.72. The first kappa shape index (κ1) is 18.2. The second-order valence-corrected chi connectivity index (χ2v) is 5.89. The van der Waals surface area contributed by atoms with Gasteiger partial charge in [0.2, 0.25) is 0 Å². The number of benzene rings is 2. The molecule has 27 heavy (non-hydrogen) atoms. The average Bonchev–Trinajstić information content (AvgIpc) is 3.22. The number of carbonyl (C=O) groups is 2. The summed E-state index contributed by atoms with van der Waals surface area (Å²) >= 11 is 0. The van der Waals surface area contributed by atoms with E-state index in [0.717, 1.165) is 5.56 Å². The summed E-state index contributed by atoms with van der Waals surface area (Å²) in [5.74, 6) is -0.241. The van der Waals surface area contributed by atoms with Gasteiger partial charge in [0.1, 0.15) is 11.5 Å². The molecule has 2 N–H and O–H groups in total. The molecule has 2 amide bonds. The van der Waals surface area contributed by atoms with E-state index in [2.05, 4.69) is 10.6 Å². The van der Waals surface area contributed by atoms with Crippen molar-refractivity contribution in [2.45, 2.75) is 6.42 Å². The van der Waals surface area contributed by atoms with Crippen LogP contribution in [0.5, 0.6) is 0 Å². The molecule has 0 atom stereocenters. The van der Waals surface area contributed by atoms with E-state index in [4.69, 9.17) is 4.42 Å². The van der Waals surface area contributed by atoms with Crippen LogP contribution in [0, 0.1) is 0 Å². The molecular formula is C22H20N2O3. The zero-order valence-corrected chi connectivity index (χ0v) is 14.7. The van der Waals surface area contributed by atoms with Crippen molar-refractivity contribution in [3.63, 3.8) is 0 Å². The molecule has 3 rings (SSSR count). The van der Waals surface area contributed by atoms with Gasteiger partial charge in [-0.2, -0.15) is 0 Å². The Kier molecular flexibility index (Phi) is 6.20. The number of amides is 2. The third kappa shape index (κ3) is 5.44.